The van der Waals surface area contributed by atoms with Gasteiger partial charge in [-0.15, -0.1) is 0 Å². The van der Waals surface area contributed by atoms with Gasteiger partial charge in [0.2, 0.25) is 0 Å². The molecule has 0 aliphatic rings. The van der Waals surface area contributed by atoms with Crippen LogP contribution in [0.3, 0.4) is 0 Å². The van der Waals surface area contributed by atoms with Gasteiger partial charge in [-0.3, -0.25) is 0 Å². The molecule has 0 bridgehead atoms. The number of rotatable bonds is 5. The molecule has 1 N–H and O–H groups in total. The van der Waals surface area contributed by atoms with Crippen molar-refractivity contribution in [2.75, 3.05) is 20.2 Å². The quantitative estimate of drug-likeness (QED) is 0.801. The van der Waals surface area contributed by atoms with E-state index < -0.39 is 0 Å². The van der Waals surface area contributed by atoms with Crippen LogP contribution in [0.1, 0.15) is 18.1 Å². The summed E-state index contributed by atoms with van der Waals surface area (Å²) >= 11 is 0. The Labute approximate surface area is 92.6 Å². The molecule has 0 heterocycles. The molecule has 1 aromatic rings. The normalized spacial score (nSPS) is 12.5. The maximum atomic E-state index is 5.77. The summed E-state index contributed by atoms with van der Waals surface area (Å²) in [7, 11) is 1.97. The van der Waals surface area contributed by atoms with Crippen molar-refractivity contribution in [3.63, 3.8) is 0 Å². The Hall–Kier alpha value is -1.02. The molecule has 0 saturated heterocycles. The van der Waals surface area contributed by atoms with Gasteiger partial charge in [-0.2, -0.15) is 0 Å². The van der Waals surface area contributed by atoms with Crippen LogP contribution in [0.4, 0.5) is 0 Å². The third-order valence-electron chi connectivity index (χ3n) is 2.41. The van der Waals surface area contributed by atoms with Crippen LogP contribution in [0.2, 0.25) is 0 Å². The van der Waals surface area contributed by atoms with E-state index in [1.54, 1.807) is 0 Å². The van der Waals surface area contributed by atoms with Crippen molar-refractivity contribution >= 4 is 0 Å². The van der Waals surface area contributed by atoms with Gasteiger partial charge in [0, 0.05) is 12.5 Å². The molecule has 0 aliphatic heterocycles. The van der Waals surface area contributed by atoms with Crippen LogP contribution in [0.25, 0.3) is 0 Å². The van der Waals surface area contributed by atoms with Gasteiger partial charge in [0.15, 0.2) is 0 Å². The smallest absolute Gasteiger partial charge is 0.122 e. The van der Waals surface area contributed by atoms with Gasteiger partial charge < -0.3 is 10.1 Å². The summed E-state index contributed by atoms with van der Waals surface area (Å²) in [5, 5.41) is 3.15. The number of ether oxygens (including phenoxy) is 1. The molecule has 0 saturated carbocycles. The molecule has 0 aromatic heterocycles. The SMILES string of the molecule is CNCC(C)COc1ccc(C)cc1C. The van der Waals surface area contributed by atoms with Gasteiger partial charge in [0.1, 0.15) is 5.75 Å². The molecule has 1 aromatic carbocycles. The number of hydrogen-bond acceptors (Lipinski definition) is 2. The Morgan fingerprint density at radius 1 is 1.33 bits per heavy atom. The maximum Gasteiger partial charge on any atom is 0.122 e. The maximum absolute atomic E-state index is 5.77. The molecule has 0 fully saturated rings. The van der Waals surface area contributed by atoms with Crippen LogP contribution in [0.5, 0.6) is 5.75 Å². The molecule has 2 heteroatoms. The van der Waals surface area contributed by atoms with Gasteiger partial charge in [0.25, 0.3) is 0 Å². The fraction of sp³-hybridized carbons (Fsp3) is 0.538. The van der Waals surface area contributed by atoms with Crippen LogP contribution in [0, 0.1) is 19.8 Å². The predicted octanol–water partition coefficient (Wildman–Crippen LogP) is 2.54. The summed E-state index contributed by atoms with van der Waals surface area (Å²) in [6.07, 6.45) is 0. The van der Waals surface area contributed by atoms with Crippen molar-refractivity contribution in [1.82, 2.24) is 5.32 Å². The monoisotopic (exact) mass is 207 g/mol. The molecule has 15 heavy (non-hydrogen) atoms. The fourth-order valence-corrected chi connectivity index (χ4v) is 1.60. The number of benzene rings is 1. The molecule has 0 spiro atoms. The Kier molecular flexibility index (Phi) is 4.63. The minimum atomic E-state index is 0.538. The molecular weight excluding hydrogens is 186 g/mol. The molecule has 0 radical (unpaired) electrons. The van der Waals surface area contributed by atoms with Gasteiger partial charge in [-0.05, 0) is 32.5 Å². The molecule has 0 amide bonds. The Morgan fingerprint density at radius 2 is 2.07 bits per heavy atom. The highest BCUT2D eigenvalue weighted by molar-refractivity contribution is 5.35. The van der Waals surface area contributed by atoms with Crippen molar-refractivity contribution in [1.29, 1.82) is 0 Å². The second kappa shape index (κ2) is 5.76. The van der Waals surface area contributed by atoms with Crippen LogP contribution in [0.15, 0.2) is 18.2 Å². The van der Waals surface area contributed by atoms with E-state index in [1.165, 1.54) is 11.1 Å². The zero-order chi connectivity index (χ0) is 11.3. The first kappa shape index (κ1) is 12.1. The predicted molar refractivity (Wildman–Crippen MR) is 64.5 cm³/mol. The zero-order valence-corrected chi connectivity index (χ0v) is 10.1. The second-order valence-electron chi connectivity index (χ2n) is 4.24. The van der Waals surface area contributed by atoms with E-state index in [4.69, 9.17) is 4.74 Å². The highest BCUT2D eigenvalue weighted by Crippen LogP contribution is 2.19. The van der Waals surface area contributed by atoms with Crippen molar-refractivity contribution in [2.24, 2.45) is 5.92 Å². The van der Waals surface area contributed by atoms with Crippen molar-refractivity contribution < 1.29 is 4.74 Å². The third-order valence-corrected chi connectivity index (χ3v) is 2.41. The zero-order valence-electron chi connectivity index (χ0n) is 10.1. The lowest BCUT2D eigenvalue weighted by Crippen LogP contribution is -2.21. The van der Waals surface area contributed by atoms with Crippen LogP contribution in [-0.4, -0.2) is 20.2 Å². The first-order chi connectivity index (χ1) is 7.13. The van der Waals surface area contributed by atoms with E-state index in [2.05, 4.69) is 44.3 Å². The van der Waals surface area contributed by atoms with Gasteiger partial charge in [0.05, 0.1) is 6.61 Å². The first-order valence-corrected chi connectivity index (χ1v) is 5.48. The van der Waals surface area contributed by atoms with E-state index in [-0.39, 0.29) is 0 Å². The molecule has 84 valence electrons. The lowest BCUT2D eigenvalue weighted by molar-refractivity contribution is 0.256. The van der Waals surface area contributed by atoms with Gasteiger partial charge >= 0.3 is 0 Å². The highest BCUT2D eigenvalue weighted by atomic mass is 16.5. The van der Waals surface area contributed by atoms with Gasteiger partial charge in [-0.25, -0.2) is 0 Å². The molecule has 1 atom stereocenters. The summed E-state index contributed by atoms with van der Waals surface area (Å²) < 4.78 is 5.77. The van der Waals surface area contributed by atoms with E-state index in [1.807, 2.05) is 7.05 Å². The molecule has 2 nitrogen and oxygen atoms in total. The number of nitrogens with one attached hydrogen (secondary N) is 1. The minimum Gasteiger partial charge on any atom is -0.493 e. The lowest BCUT2D eigenvalue weighted by Gasteiger charge is -2.14. The Balaban J connectivity index is 2.50. The summed E-state index contributed by atoms with van der Waals surface area (Å²) in [5.41, 5.74) is 2.50. The number of aryl methyl sites for hydroxylation is 2. The van der Waals surface area contributed by atoms with Crippen LogP contribution in [-0.2, 0) is 0 Å². The molecule has 0 aliphatic carbocycles. The summed E-state index contributed by atoms with van der Waals surface area (Å²) in [5.74, 6) is 1.54. The van der Waals surface area contributed by atoms with Crippen LogP contribution < -0.4 is 10.1 Å². The van der Waals surface area contributed by atoms with E-state index in [0.717, 1.165) is 18.9 Å². The summed E-state index contributed by atoms with van der Waals surface area (Å²) in [4.78, 5) is 0. The van der Waals surface area contributed by atoms with E-state index in [0.29, 0.717) is 5.92 Å². The van der Waals surface area contributed by atoms with Crippen molar-refractivity contribution in [2.45, 2.75) is 20.8 Å². The standard InChI is InChI=1S/C13H21NO/c1-10-5-6-13(12(3)7-10)15-9-11(2)8-14-4/h5-7,11,14H,8-9H2,1-4H3. The minimum absolute atomic E-state index is 0.538. The molecule has 1 rings (SSSR count). The third kappa shape index (κ3) is 3.92. The lowest BCUT2D eigenvalue weighted by atomic mass is 10.1. The molecule has 1 unspecified atom stereocenters. The topological polar surface area (TPSA) is 21.3 Å². The van der Waals surface area contributed by atoms with Gasteiger partial charge in [-0.1, -0.05) is 24.6 Å². The second-order valence-corrected chi connectivity index (χ2v) is 4.24. The van der Waals surface area contributed by atoms with E-state index in [9.17, 15) is 0 Å². The van der Waals surface area contributed by atoms with Crippen molar-refractivity contribution in [3.8, 4) is 5.75 Å². The highest BCUT2D eigenvalue weighted by Gasteiger charge is 2.03. The number of hydrogen-bond donors (Lipinski definition) is 1. The largest absolute Gasteiger partial charge is 0.493 e. The molecular formula is C13H21NO. The first-order valence-electron chi connectivity index (χ1n) is 5.48. The van der Waals surface area contributed by atoms with E-state index >= 15 is 0 Å². The fourth-order valence-electron chi connectivity index (χ4n) is 1.60. The summed E-state index contributed by atoms with van der Waals surface area (Å²) in [6.45, 7) is 8.13. The Morgan fingerprint density at radius 3 is 2.67 bits per heavy atom. The van der Waals surface area contributed by atoms with Crippen molar-refractivity contribution in [3.05, 3.63) is 29.3 Å². The average molecular weight is 207 g/mol. The Bertz CT molecular complexity index is 309. The van der Waals surface area contributed by atoms with Crippen LogP contribution >= 0.6 is 0 Å². The summed E-state index contributed by atoms with van der Waals surface area (Å²) in [6, 6.07) is 6.29. The average Bonchev–Trinajstić information content (AvgIpc) is 2.17.